The molecule has 2 saturated heterocycles. The minimum atomic E-state index is -2.76. The van der Waals surface area contributed by atoms with Crippen LogP contribution in [-0.4, -0.2) is 94.6 Å². The van der Waals surface area contributed by atoms with Gasteiger partial charge in [-0.15, -0.1) is 0 Å². The monoisotopic (exact) mass is 545 g/mol. The van der Waals surface area contributed by atoms with E-state index in [2.05, 4.69) is 13.1 Å². The molecule has 3 atom stereocenters. The van der Waals surface area contributed by atoms with Crippen LogP contribution in [0.25, 0.3) is 0 Å². The maximum atomic E-state index is 6.83. The second-order valence-corrected chi connectivity index (χ2v) is 23.4. The number of hydrogen-bond acceptors (Lipinski definition) is 10. The van der Waals surface area contributed by atoms with Gasteiger partial charge >= 0.3 is 53.8 Å². The molecule has 10 nitrogen and oxygen atoms in total. The highest BCUT2D eigenvalue weighted by atomic mass is 28.5. The van der Waals surface area contributed by atoms with Gasteiger partial charge in [-0.1, -0.05) is 0 Å². The third kappa shape index (κ3) is 9.58. The van der Waals surface area contributed by atoms with Gasteiger partial charge in [0.05, 0.1) is 0 Å². The van der Waals surface area contributed by atoms with Gasteiger partial charge < -0.3 is 43.3 Å². The maximum Gasteiger partial charge on any atom is 0.500 e. The molecular weight excluding hydrogens is 509 g/mol. The van der Waals surface area contributed by atoms with Gasteiger partial charge in [0.15, 0.2) is 6.29 Å². The van der Waals surface area contributed by atoms with E-state index in [4.69, 9.17) is 43.3 Å². The highest BCUT2D eigenvalue weighted by Gasteiger charge is 2.49. The fourth-order valence-corrected chi connectivity index (χ4v) is 24.5. The summed E-state index contributed by atoms with van der Waals surface area (Å²) < 4.78 is 59.6. The standard InChI is InChI=1S/C15H37O10Si6/c1-16-31(17-2,18-3)13-12-30(8)24-28(6)22-26(4)21-27(5)23-29(7,25-30)11-9-10-19-15-14-20-15/h15H,9-14H2,1-8H3. The van der Waals surface area contributed by atoms with Gasteiger partial charge in [0.1, 0.15) is 6.61 Å². The Hall–Kier alpha value is 0.901. The molecule has 16 heteroatoms. The molecule has 31 heavy (non-hydrogen) atoms. The summed E-state index contributed by atoms with van der Waals surface area (Å²) in [5, 5.41) is 0. The van der Waals surface area contributed by atoms with Crippen molar-refractivity contribution in [2.24, 2.45) is 0 Å². The van der Waals surface area contributed by atoms with Crippen LogP contribution in [0.2, 0.25) is 50.9 Å². The molecule has 3 radical (unpaired) electrons. The van der Waals surface area contributed by atoms with Crippen molar-refractivity contribution in [3.05, 3.63) is 0 Å². The first-order valence-corrected chi connectivity index (χ1v) is 22.8. The lowest BCUT2D eigenvalue weighted by Crippen LogP contribution is -2.58. The van der Waals surface area contributed by atoms with Crippen LogP contribution in [0.15, 0.2) is 0 Å². The van der Waals surface area contributed by atoms with E-state index >= 15 is 0 Å². The summed E-state index contributed by atoms with van der Waals surface area (Å²) in [5.74, 6) is 0. The average Bonchev–Trinajstić information content (AvgIpc) is 3.50. The van der Waals surface area contributed by atoms with E-state index in [0.717, 1.165) is 12.5 Å². The van der Waals surface area contributed by atoms with Crippen LogP contribution in [0.3, 0.4) is 0 Å². The number of epoxide rings is 1. The highest BCUT2D eigenvalue weighted by Crippen LogP contribution is 2.31. The van der Waals surface area contributed by atoms with Crippen molar-refractivity contribution in [2.45, 2.75) is 63.6 Å². The van der Waals surface area contributed by atoms with Crippen LogP contribution in [0, 0.1) is 0 Å². The second kappa shape index (κ2) is 12.6. The molecule has 0 aromatic rings. The fraction of sp³-hybridized carbons (Fsp3) is 1.00. The van der Waals surface area contributed by atoms with Gasteiger partial charge in [-0.25, -0.2) is 0 Å². The van der Waals surface area contributed by atoms with E-state index in [1.807, 2.05) is 19.6 Å². The zero-order chi connectivity index (χ0) is 23.1. The summed E-state index contributed by atoms with van der Waals surface area (Å²) in [7, 11) is -7.69. The predicted molar refractivity (Wildman–Crippen MR) is 125 cm³/mol. The molecule has 0 N–H and O–H groups in total. The highest BCUT2D eigenvalue weighted by molar-refractivity contribution is 6.86. The largest absolute Gasteiger partial charge is 0.500 e. The topological polar surface area (TPSA) is 95.6 Å². The molecule has 2 rings (SSSR count). The lowest BCUT2D eigenvalue weighted by atomic mass is 10.5. The van der Waals surface area contributed by atoms with Crippen molar-refractivity contribution < 1.29 is 43.3 Å². The summed E-state index contributed by atoms with van der Waals surface area (Å²) >= 11 is 0. The maximum absolute atomic E-state index is 6.83. The van der Waals surface area contributed by atoms with Crippen molar-refractivity contribution >= 4 is 53.8 Å². The van der Waals surface area contributed by atoms with Gasteiger partial charge in [0.25, 0.3) is 0 Å². The molecule has 0 aromatic heterocycles. The normalized spacial score (nSPS) is 32.3. The third-order valence-electron chi connectivity index (χ3n) is 4.93. The van der Waals surface area contributed by atoms with Crippen molar-refractivity contribution in [2.75, 3.05) is 34.5 Å². The van der Waals surface area contributed by atoms with E-state index in [1.54, 1.807) is 21.3 Å². The first-order chi connectivity index (χ1) is 14.6. The van der Waals surface area contributed by atoms with Gasteiger partial charge in [-0.2, -0.15) is 0 Å². The molecule has 2 aliphatic heterocycles. The third-order valence-corrected chi connectivity index (χ3v) is 24.4. The fourth-order valence-electron chi connectivity index (χ4n) is 3.46. The number of ether oxygens (including phenoxy) is 2. The SMILES string of the molecule is CO[Si](CC[Si]1(C)O[Si](C)O[Si](C)O[Si](C)O[Si](C)(CCCOC2CO2)O1)(OC)OC. The number of hydrogen-bond donors (Lipinski definition) is 0. The van der Waals surface area contributed by atoms with E-state index in [-0.39, 0.29) is 6.29 Å². The predicted octanol–water partition coefficient (Wildman–Crippen LogP) is 2.22. The Balaban J connectivity index is 2.15. The molecule has 0 spiro atoms. The Morgan fingerprint density at radius 1 is 0.871 bits per heavy atom. The first-order valence-electron chi connectivity index (χ1n) is 10.4. The lowest BCUT2D eigenvalue weighted by molar-refractivity contribution is 0.0499. The van der Waals surface area contributed by atoms with Gasteiger partial charge in [0.2, 0.25) is 0 Å². The Morgan fingerprint density at radius 2 is 1.39 bits per heavy atom. The van der Waals surface area contributed by atoms with E-state index in [0.29, 0.717) is 25.3 Å². The molecule has 2 fully saturated rings. The molecule has 0 amide bonds. The summed E-state index contributed by atoms with van der Waals surface area (Å²) in [5.41, 5.74) is 0. The first kappa shape index (κ1) is 28.1. The van der Waals surface area contributed by atoms with Crippen LogP contribution in [0.5, 0.6) is 0 Å². The summed E-state index contributed by atoms with van der Waals surface area (Å²) in [6.45, 7) is 11.5. The molecule has 0 aromatic carbocycles. The van der Waals surface area contributed by atoms with Gasteiger partial charge in [-0.3, -0.25) is 0 Å². The molecule has 2 heterocycles. The van der Waals surface area contributed by atoms with Crippen LogP contribution in [0.4, 0.5) is 0 Å². The summed E-state index contributed by atoms with van der Waals surface area (Å²) in [4.78, 5) is 0. The zero-order valence-corrected chi connectivity index (χ0v) is 25.9. The number of rotatable bonds is 11. The second-order valence-electron chi connectivity index (χ2n) is 7.79. The van der Waals surface area contributed by atoms with Gasteiger partial charge in [0, 0.05) is 34.0 Å². The Kier molecular flexibility index (Phi) is 11.4. The van der Waals surface area contributed by atoms with Crippen LogP contribution in [-0.2, 0) is 43.3 Å². The molecule has 2 aliphatic rings. The summed E-state index contributed by atoms with van der Waals surface area (Å²) in [6.07, 6.45) is 0.791. The zero-order valence-electron chi connectivity index (χ0n) is 19.9. The van der Waals surface area contributed by atoms with Crippen molar-refractivity contribution in [3.8, 4) is 0 Å². The Morgan fingerprint density at radius 3 is 1.87 bits per heavy atom. The van der Waals surface area contributed by atoms with Crippen LogP contribution in [0.1, 0.15) is 6.42 Å². The Bertz CT molecular complexity index is 536. The molecule has 0 aliphatic carbocycles. The average molecular weight is 546 g/mol. The quantitative estimate of drug-likeness (QED) is 0.218. The minimum absolute atomic E-state index is 0.0414. The van der Waals surface area contributed by atoms with Crippen LogP contribution >= 0.6 is 0 Å². The molecule has 181 valence electrons. The molecule has 0 bridgehead atoms. The Labute approximate surface area is 195 Å². The van der Waals surface area contributed by atoms with Gasteiger partial charge in [-0.05, 0) is 51.2 Å². The smallest absolute Gasteiger partial charge is 0.416 e. The van der Waals surface area contributed by atoms with Crippen molar-refractivity contribution in [1.29, 1.82) is 0 Å². The molecule has 3 unspecified atom stereocenters. The van der Waals surface area contributed by atoms with E-state index < -0.39 is 53.8 Å². The summed E-state index contributed by atoms with van der Waals surface area (Å²) in [6, 6.07) is 2.05. The minimum Gasteiger partial charge on any atom is -0.416 e. The lowest BCUT2D eigenvalue weighted by Gasteiger charge is -2.41. The van der Waals surface area contributed by atoms with E-state index in [9.17, 15) is 0 Å². The van der Waals surface area contributed by atoms with E-state index in [1.165, 1.54) is 0 Å². The van der Waals surface area contributed by atoms with Crippen LogP contribution < -0.4 is 0 Å². The van der Waals surface area contributed by atoms with Crippen molar-refractivity contribution in [3.63, 3.8) is 0 Å². The van der Waals surface area contributed by atoms with Crippen molar-refractivity contribution in [1.82, 2.24) is 0 Å². The molecular formula is C15H37O10Si6. The molecule has 0 saturated carbocycles.